The summed E-state index contributed by atoms with van der Waals surface area (Å²) in [5.41, 5.74) is 9.53. The lowest BCUT2D eigenvalue weighted by atomic mass is 10.1. The highest BCUT2D eigenvalue weighted by Crippen LogP contribution is 2.27. The van der Waals surface area contributed by atoms with Gasteiger partial charge in [-0.1, -0.05) is 12.1 Å². The monoisotopic (exact) mass is 662 g/mol. The molecule has 1 aliphatic rings. The summed E-state index contributed by atoms with van der Waals surface area (Å²) in [6.07, 6.45) is 1.20. The number of imidazole rings is 1. The van der Waals surface area contributed by atoms with E-state index in [1.807, 2.05) is 36.7 Å². The van der Waals surface area contributed by atoms with E-state index < -0.39 is 30.0 Å². The Morgan fingerprint density at radius 2 is 1.87 bits per heavy atom. The van der Waals surface area contributed by atoms with Crippen LogP contribution in [-0.4, -0.2) is 87.9 Å². The number of aryl methyl sites for hydroxylation is 2. The van der Waals surface area contributed by atoms with Crippen LogP contribution in [-0.2, 0) is 39.0 Å². The number of rotatable bonds is 15. The van der Waals surface area contributed by atoms with Crippen LogP contribution in [0.4, 0.5) is 10.1 Å². The minimum absolute atomic E-state index is 0.167. The highest BCUT2D eigenvalue weighted by molar-refractivity contribution is 6.18. The van der Waals surface area contributed by atoms with Crippen molar-refractivity contribution in [2.45, 2.75) is 63.7 Å². The Morgan fingerprint density at radius 1 is 1.18 bits per heavy atom. The molecular weight excluding hydrogens is 622 g/mol. The number of nitrogens with two attached hydrogens (primary N) is 1. The van der Waals surface area contributed by atoms with Crippen LogP contribution in [0.2, 0.25) is 0 Å². The third kappa shape index (κ3) is 8.25. The van der Waals surface area contributed by atoms with Crippen molar-refractivity contribution < 1.29 is 23.5 Å². The molecule has 1 saturated heterocycles. The summed E-state index contributed by atoms with van der Waals surface area (Å²) in [4.78, 5) is 48.2. The minimum Gasteiger partial charge on any atom is -0.464 e. The van der Waals surface area contributed by atoms with Crippen molar-refractivity contribution in [3.05, 3.63) is 59.7 Å². The maximum Gasteiger partial charge on any atom is 0.328 e. The molecule has 0 radical (unpaired) electrons. The predicted octanol–water partition coefficient (Wildman–Crippen LogP) is 3.54. The molecule has 3 N–H and O–H groups in total. The van der Waals surface area contributed by atoms with Gasteiger partial charge >= 0.3 is 5.97 Å². The van der Waals surface area contributed by atoms with E-state index in [-0.39, 0.29) is 37.2 Å². The van der Waals surface area contributed by atoms with E-state index in [4.69, 9.17) is 38.7 Å². The molecule has 1 aromatic heterocycles. The number of likely N-dealkylation sites (tertiary alicyclic amines) is 1. The summed E-state index contributed by atoms with van der Waals surface area (Å²) in [5.74, 6) is -0.0380. The molecule has 13 heteroatoms. The summed E-state index contributed by atoms with van der Waals surface area (Å²) in [5, 5.41) is 2.76. The number of alkyl halides is 2. The van der Waals surface area contributed by atoms with Gasteiger partial charge in [0.2, 0.25) is 11.8 Å². The molecule has 45 heavy (non-hydrogen) atoms. The quantitative estimate of drug-likeness (QED) is 0.189. The van der Waals surface area contributed by atoms with Crippen molar-refractivity contribution in [3.8, 4) is 0 Å². The summed E-state index contributed by atoms with van der Waals surface area (Å²) in [6.45, 7) is 5.05. The second kappa shape index (κ2) is 15.7. The van der Waals surface area contributed by atoms with Gasteiger partial charge in [0.25, 0.3) is 0 Å². The number of benzene rings is 2. The highest BCUT2D eigenvalue weighted by atomic mass is 35.5. The van der Waals surface area contributed by atoms with Gasteiger partial charge in [-0.05, 0) is 69.0 Å². The maximum absolute atomic E-state index is 13.6. The Labute approximate surface area is 273 Å². The molecule has 1 fully saturated rings. The lowest BCUT2D eigenvalue weighted by Crippen LogP contribution is -2.52. The van der Waals surface area contributed by atoms with Gasteiger partial charge < -0.3 is 30.2 Å². The van der Waals surface area contributed by atoms with Crippen molar-refractivity contribution >= 4 is 57.7 Å². The fraction of sp³-hybridized carbons (Fsp3) is 0.500. The largest absolute Gasteiger partial charge is 0.464 e. The fourth-order valence-corrected chi connectivity index (χ4v) is 6.30. The van der Waals surface area contributed by atoms with Crippen molar-refractivity contribution in [1.29, 1.82) is 0 Å². The third-order valence-corrected chi connectivity index (χ3v) is 8.53. The van der Waals surface area contributed by atoms with Gasteiger partial charge in [0, 0.05) is 50.0 Å². The average molecular weight is 664 g/mol. The molecule has 0 saturated carbocycles. The summed E-state index contributed by atoms with van der Waals surface area (Å²) in [6, 6.07) is 8.81. The summed E-state index contributed by atoms with van der Waals surface area (Å²) in [7, 11) is 1.92. The molecule has 2 amide bonds. The first-order valence-electron chi connectivity index (χ1n) is 15.2. The van der Waals surface area contributed by atoms with Crippen LogP contribution >= 0.6 is 23.2 Å². The Kier molecular flexibility index (Phi) is 12.0. The Hall–Kier alpha value is -3.41. The van der Waals surface area contributed by atoms with Crippen molar-refractivity contribution in [2.24, 2.45) is 12.8 Å². The van der Waals surface area contributed by atoms with Crippen LogP contribution in [0.25, 0.3) is 11.0 Å². The average Bonchev–Trinajstić information content (AvgIpc) is 3.47. The number of amides is 2. The molecule has 1 aliphatic heterocycles. The molecule has 244 valence electrons. The van der Waals surface area contributed by atoms with Gasteiger partial charge in [0.15, 0.2) is 0 Å². The SMILES string of the molecule is CCOC(=O)[C@H](CCc1nc2cc(N(CCCl)CCCl)ccc2n1C)N1C(=O)[C@H](NC(=O)[C@@H](N)Cc2ccc(F)cc2)CC1C. The molecular formula is C32H41Cl2FN6O4. The van der Waals surface area contributed by atoms with Crippen LogP contribution < -0.4 is 16.0 Å². The lowest BCUT2D eigenvalue weighted by molar-refractivity contribution is -0.155. The van der Waals surface area contributed by atoms with Crippen LogP contribution in [0.3, 0.4) is 0 Å². The van der Waals surface area contributed by atoms with Crippen molar-refractivity contribution in [2.75, 3.05) is 36.4 Å². The predicted molar refractivity (Wildman–Crippen MR) is 174 cm³/mol. The number of hydrogen-bond acceptors (Lipinski definition) is 7. The number of carbonyl (C=O) groups is 3. The van der Waals surface area contributed by atoms with E-state index in [1.54, 1.807) is 19.1 Å². The van der Waals surface area contributed by atoms with Gasteiger partial charge in [-0.2, -0.15) is 0 Å². The number of nitrogens with one attached hydrogen (secondary N) is 1. The fourth-order valence-electron chi connectivity index (χ4n) is 5.89. The molecule has 2 heterocycles. The zero-order chi connectivity index (χ0) is 32.7. The molecule has 4 rings (SSSR count). The Bertz CT molecular complexity index is 1480. The van der Waals surface area contributed by atoms with Crippen molar-refractivity contribution in [3.63, 3.8) is 0 Å². The topological polar surface area (TPSA) is 123 Å². The van der Waals surface area contributed by atoms with Gasteiger partial charge in [-0.15, -0.1) is 23.2 Å². The normalized spacial score (nSPS) is 17.8. The molecule has 3 aromatic rings. The maximum atomic E-state index is 13.6. The second-order valence-electron chi connectivity index (χ2n) is 11.3. The van der Waals surface area contributed by atoms with Crippen LogP contribution in [0.15, 0.2) is 42.5 Å². The van der Waals surface area contributed by atoms with E-state index in [0.717, 1.165) is 22.5 Å². The summed E-state index contributed by atoms with van der Waals surface area (Å²) >= 11 is 12.0. The van der Waals surface area contributed by atoms with Gasteiger partial charge in [-0.25, -0.2) is 14.2 Å². The number of anilines is 1. The number of carbonyl (C=O) groups excluding carboxylic acids is 3. The van der Waals surface area contributed by atoms with Crippen LogP contribution in [0.1, 0.15) is 38.1 Å². The molecule has 1 unspecified atom stereocenters. The van der Waals surface area contributed by atoms with Gasteiger partial charge in [-0.3, -0.25) is 9.59 Å². The van der Waals surface area contributed by atoms with Gasteiger partial charge in [0.1, 0.15) is 23.7 Å². The molecule has 0 aliphatic carbocycles. The smallest absolute Gasteiger partial charge is 0.328 e. The van der Waals surface area contributed by atoms with E-state index in [2.05, 4.69) is 10.2 Å². The van der Waals surface area contributed by atoms with Crippen molar-refractivity contribution in [1.82, 2.24) is 19.8 Å². The number of aromatic nitrogens is 2. The van der Waals surface area contributed by atoms with E-state index in [1.165, 1.54) is 17.0 Å². The minimum atomic E-state index is -0.927. The number of esters is 1. The third-order valence-electron chi connectivity index (χ3n) is 8.19. The number of hydrogen-bond donors (Lipinski definition) is 2. The van der Waals surface area contributed by atoms with Crippen LogP contribution in [0, 0.1) is 5.82 Å². The zero-order valence-corrected chi connectivity index (χ0v) is 27.4. The Morgan fingerprint density at radius 3 is 2.51 bits per heavy atom. The highest BCUT2D eigenvalue weighted by Gasteiger charge is 2.44. The van der Waals surface area contributed by atoms with E-state index in [9.17, 15) is 18.8 Å². The molecule has 4 atom stereocenters. The lowest BCUT2D eigenvalue weighted by Gasteiger charge is -2.30. The van der Waals surface area contributed by atoms with E-state index >= 15 is 0 Å². The summed E-state index contributed by atoms with van der Waals surface area (Å²) < 4.78 is 20.6. The first-order chi connectivity index (χ1) is 21.6. The number of ether oxygens (including phenoxy) is 1. The number of fused-ring (bicyclic) bond motifs is 1. The first kappa shape index (κ1) is 34.5. The zero-order valence-electron chi connectivity index (χ0n) is 25.8. The second-order valence-corrected chi connectivity index (χ2v) is 12.0. The Balaban J connectivity index is 1.47. The van der Waals surface area contributed by atoms with Gasteiger partial charge in [0.05, 0.1) is 23.7 Å². The first-order valence-corrected chi connectivity index (χ1v) is 16.3. The molecule has 0 bridgehead atoms. The standard InChI is InChI=1S/C32H41Cl2FN6O4/c1-4-45-32(44)28(11-12-29-37-25-19-23(9-10-27(25)39(29)3)40(15-13-33)16-14-34)41-20(2)17-26(31(41)43)38-30(42)24(36)18-21-5-7-22(35)8-6-21/h5-10,19-20,24,26,28H,4,11-18,36H2,1-3H3,(H,38,42)/t20?,24-,26+,28-/m0/s1. The van der Waals surface area contributed by atoms with E-state index in [0.29, 0.717) is 43.3 Å². The number of halogens is 3. The molecule has 0 spiro atoms. The molecule has 2 aromatic carbocycles. The van der Waals surface area contributed by atoms with Crippen LogP contribution in [0.5, 0.6) is 0 Å². The number of nitrogens with zero attached hydrogens (tertiary/aromatic N) is 4. The molecule has 10 nitrogen and oxygen atoms in total.